The Bertz CT molecular complexity index is 837. The largest absolute Gasteiger partial charge is 0.452 e. The molecule has 0 bridgehead atoms. The van der Waals surface area contributed by atoms with Crippen molar-refractivity contribution in [2.45, 2.75) is 13.0 Å². The topological polar surface area (TPSA) is 55.4 Å². The molecule has 0 heterocycles. The molecule has 136 valence electrons. The van der Waals surface area contributed by atoms with Crippen molar-refractivity contribution in [1.29, 1.82) is 0 Å². The van der Waals surface area contributed by atoms with Crippen LogP contribution < -0.4 is 5.32 Å². The third-order valence-corrected chi connectivity index (χ3v) is 3.41. The second kappa shape index (κ2) is 8.84. The number of ether oxygens (including phenoxy) is 1. The van der Waals surface area contributed by atoms with Gasteiger partial charge in [-0.25, -0.2) is 18.0 Å². The minimum atomic E-state index is -0.787. The number of amides is 1. The van der Waals surface area contributed by atoms with Crippen LogP contribution in [0.25, 0.3) is 6.08 Å². The lowest BCUT2D eigenvalue weighted by molar-refractivity contribution is -0.144. The summed E-state index contributed by atoms with van der Waals surface area (Å²) in [5, 5.41) is 2.44. The Morgan fingerprint density at radius 3 is 2.54 bits per heavy atom. The molecule has 4 nitrogen and oxygen atoms in total. The summed E-state index contributed by atoms with van der Waals surface area (Å²) in [6, 6.07) is 7.88. The van der Waals surface area contributed by atoms with Gasteiger partial charge in [-0.3, -0.25) is 4.79 Å². The fraction of sp³-hybridized carbons (Fsp3) is 0.158. The smallest absolute Gasteiger partial charge is 0.331 e. The monoisotopic (exact) mass is 363 g/mol. The van der Waals surface area contributed by atoms with Crippen LogP contribution >= 0.6 is 0 Å². The van der Waals surface area contributed by atoms with Crippen LogP contribution in [0.1, 0.15) is 24.1 Å². The average Bonchev–Trinajstić information content (AvgIpc) is 2.58. The highest BCUT2D eigenvalue weighted by Crippen LogP contribution is 2.17. The molecular formula is C19H16F3NO3. The Morgan fingerprint density at radius 2 is 1.85 bits per heavy atom. The number of carbonyl (C=O) groups is 2. The molecule has 0 saturated carbocycles. The van der Waals surface area contributed by atoms with Crippen LogP contribution in [0.3, 0.4) is 0 Å². The van der Waals surface area contributed by atoms with Crippen molar-refractivity contribution in [2.24, 2.45) is 0 Å². The number of carbonyl (C=O) groups excluding carboxylic acids is 2. The van der Waals surface area contributed by atoms with Crippen LogP contribution in [0.15, 0.2) is 48.5 Å². The van der Waals surface area contributed by atoms with Crippen molar-refractivity contribution in [1.82, 2.24) is 5.32 Å². The van der Waals surface area contributed by atoms with E-state index >= 15 is 0 Å². The van der Waals surface area contributed by atoms with Crippen molar-refractivity contribution in [2.75, 3.05) is 6.61 Å². The first-order chi connectivity index (χ1) is 12.3. The highest BCUT2D eigenvalue weighted by Gasteiger charge is 2.15. The number of esters is 1. The predicted molar refractivity (Wildman–Crippen MR) is 89.3 cm³/mol. The summed E-state index contributed by atoms with van der Waals surface area (Å²) in [6.07, 6.45) is 2.41. The lowest BCUT2D eigenvalue weighted by Crippen LogP contribution is -2.31. The van der Waals surface area contributed by atoms with Crippen LogP contribution in [0.4, 0.5) is 13.2 Å². The van der Waals surface area contributed by atoms with Gasteiger partial charge >= 0.3 is 5.97 Å². The molecule has 0 saturated heterocycles. The molecule has 0 aliphatic heterocycles. The molecule has 0 fully saturated rings. The fourth-order valence-electron chi connectivity index (χ4n) is 2.17. The summed E-state index contributed by atoms with van der Waals surface area (Å²) in [6.45, 7) is 0.944. The number of hydrogen-bond acceptors (Lipinski definition) is 3. The van der Waals surface area contributed by atoms with E-state index in [1.165, 1.54) is 37.3 Å². The first-order valence-corrected chi connectivity index (χ1v) is 7.70. The van der Waals surface area contributed by atoms with Gasteiger partial charge in [-0.1, -0.05) is 18.2 Å². The Labute approximate surface area is 148 Å². The average molecular weight is 363 g/mol. The summed E-state index contributed by atoms with van der Waals surface area (Å²) in [7, 11) is 0. The number of hydrogen-bond donors (Lipinski definition) is 1. The SMILES string of the molecule is C[C@H](NC(=O)COC(=O)/C=C/c1cccc(F)c1)c1ccc(F)cc1F. The highest BCUT2D eigenvalue weighted by atomic mass is 19.1. The van der Waals surface area contributed by atoms with E-state index in [2.05, 4.69) is 5.32 Å². The van der Waals surface area contributed by atoms with Crippen LogP contribution in [-0.4, -0.2) is 18.5 Å². The minimum Gasteiger partial charge on any atom is -0.452 e. The third kappa shape index (κ3) is 5.77. The van der Waals surface area contributed by atoms with E-state index in [1.807, 2.05) is 0 Å². The molecule has 0 aliphatic carbocycles. The predicted octanol–water partition coefficient (Wildman–Crippen LogP) is 3.54. The van der Waals surface area contributed by atoms with E-state index < -0.39 is 42.0 Å². The summed E-state index contributed by atoms with van der Waals surface area (Å²) in [5.74, 6) is -3.38. The quantitative estimate of drug-likeness (QED) is 0.631. The minimum absolute atomic E-state index is 0.108. The van der Waals surface area contributed by atoms with Crippen molar-refractivity contribution < 1.29 is 27.5 Å². The van der Waals surface area contributed by atoms with Gasteiger partial charge in [0.05, 0.1) is 6.04 Å². The summed E-state index contributed by atoms with van der Waals surface area (Å²) in [4.78, 5) is 23.3. The van der Waals surface area contributed by atoms with Gasteiger partial charge in [0.1, 0.15) is 17.5 Å². The van der Waals surface area contributed by atoms with Gasteiger partial charge in [0.15, 0.2) is 6.61 Å². The number of rotatable bonds is 6. The summed E-state index contributed by atoms with van der Waals surface area (Å²) >= 11 is 0. The van der Waals surface area contributed by atoms with E-state index in [-0.39, 0.29) is 5.56 Å². The van der Waals surface area contributed by atoms with Crippen molar-refractivity contribution in [3.05, 3.63) is 77.1 Å². The van der Waals surface area contributed by atoms with Gasteiger partial charge < -0.3 is 10.1 Å². The van der Waals surface area contributed by atoms with Gasteiger partial charge in [-0.2, -0.15) is 0 Å². The van der Waals surface area contributed by atoms with Gasteiger partial charge in [0.2, 0.25) is 0 Å². The van der Waals surface area contributed by atoms with E-state index in [4.69, 9.17) is 4.74 Å². The number of benzene rings is 2. The Morgan fingerprint density at radius 1 is 1.12 bits per heavy atom. The maximum absolute atomic E-state index is 13.6. The van der Waals surface area contributed by atoms with Gasteiger partial charge in [0.25, 0.3) is 5.91 Å². The molecule has 0 aliphatic rings. The van der Waals surface area contributed by atoms with Gasteiger partial charge in [-0.15, -0.1) is 0 Å². The second-order valence-corrected chi connectivity index (χ2v) is 5.45. The summed E-state index contributed by atoms with van der Waals surface area (Å²) in [5.41, 5.74) is 0.573. The number of nitrogens with one attached hydrogen (secondary N) is 1. The van der Waals surface area contributed by atoms with Crippen LogP contribution in [0, 0.1) is 17.5 Å². The molecule has 2 aromatic carbocycles. The maximum atomic E-state index is 13.6. The molecule has 2 rings (SSSR count). The molecular weight excluding hydrogens is 347 g/mol. The van der Waals surface area contributed by atoms with E-state index in [1.54, 1.807) is 6.07 Å². The zero-order chi connectivity index (χ0) is 19.1. The third-order valence-electron chi connectivity index (χ3n) is 3.41. The first-order valence-electron chi connectivity index (χ1n) is 7.70. The maximum Gasteiger partial charge on any atom is 0.331 e. The molecule has 2 aromatic rings. The molecule has 1 N–H and O–H groups in total. The van der Waals surface area contributed by atoms with Crippen molar-refractivity contribution in [3.63, 3.8) is 0 Å². The Balaban J connectivity index is 1.83. The first kappa shape index (κ1) is 19.2. The normalized spacial score (nSPS) is 12.0. The Kier molecular flexibility index (Phi) is 6.54. The van der Waals surface area contributed by atoms with Crippen LogP contribution in [0.2, 0.25) is 0 Å². The Hall–Kier alpha value is -3.09. The molecule has 1 atom stereocenters. The van der Waals surface area contributed by atoms with Crippen LogP contribution in [0.5, 0.6) is 0 Å². The van der Waals surface area contributed by atoms with Crippen LogP contribution in [-0.2, 0) is 14.3 Å². The van der Waals surface area contributed by atoms with E-state index in [0.29, 0.717) is 5.56 Å². The lowest BCUT2D eigenvalue weighted by Gasteiger charge is -2.15. The van der Waals surface area contributed by atoms with Gasteiger partial charge in [-0.05, 0) is 36.8 Å². The lowest BCUT2D eigenvalue weighted by atomic mass is 10.1. The fourth-order valence-corrected chi connectivity index (χ4v) is 2.17. The molecule has 0 radical (unpaired) electrons. The standard InChI is InChI=1S/C19H16F3NO3/c1-12(16-7-6-15(21)10-17(16)22)23-18(24)11-26-19(25)8-5-13-3-2-4-14(20)9-13/h2-10,12H,11H2,1H3,(H,23,24)/b8-5+/t12-/m0/s1. The second-order valence-electron chi connectivity index (χ2n) is 5.45. The zero-order valence-electron chi connectivity index (χ0n) is 13.8. The molecule has 0 spiro atoms. The van der Waals surface area contributed by atoms with E-state index in [0.717, 1.165) is 18.2 Å². The molecule has 7 heteroatoms. The van der Waals surface area contributed by atoms with Crippen molar-refractivity contribution in [3.8, 4) is 0 Å². The molecule has 1 amide bonds. The molecule has 0 unspecified atom stereocenters. The van der Waals surface area contributed by atoms with E-state index in [9.17, 15) is 22.8 Å². The molecule has 0 aromatic heterocycles. The molecule has 26 heavy (non-hydrogen) atoms. The highest BCUT2D eigenvalue weighted by molar-refractivity contribution is 5.89. The zero-order valence-corrected chi connectivity index (χ0v) is 13.8. The van der Waals surface area contributed by atoms with Gasteiger partial charge in [0, 0.05) is 17.7 Å². The number of halogens is 3. The summed E-state index contributed by atoms with van der Waals surface area (Å²) < 4.78 is 44.3. The van der Waals surface area contributed by atoms with Crippen molar-refractivity contribution >= 4 is 18.0 Å².